The fourth-order valence-electron chi connectivity index (χ4n) is 2.81. The van der Waals surface area contributed by atoms with Gasteiger partial charge in [0.15, 0.2) is 0 Å². The van der Waals surface area contributed by atoms with Gasteiger partial charge in [0.2, 0.25) is 5.71 Å². The maximum Gasteiger partial charge on any atom is 0.416 e. The van der Waals surface area contributed by atoms with Crippen molar-refractivity contribution in [2.24, 2.45) is 0 Å². The molecule has 0 fully saturated rings. The van der Waals surface area contributed by atoms with E-state index < -0.39 is 21.2 Å². The molecule has 0 bridgehead atoms. The van der Waals surface area contributed by atoms with Crippen molar-refractivity contribution in [2.75, 3.05) is 0 Å². The molecule has 0 aliphatic carbocycles. The van der Waals surface area contributed by atoms with Gasteiger partial charge in [-0.3, -0.25) is 20.2 Å². The van der Waals surface area contributed by atoms with E-state index in [0.717, 1.165) is 0 Å². The van der Waals surface area contributed by atoms with E-state index in [4.69, 9.17) is 4.42 Å². The molecule has 0 unspecified atom stereocenters. The van der Waals surface area contributed by atoms with Crippen molar-refractivity contribution >= 4 is 22.5 Å². The topological polar surface area (TPSA) is 134 Å². The third kappa shape index (κ3) is 2.43. The molecule has 0 saturated carbocycles. The Balaban J connectivity index is 2.35. The predicted octanol–water partition coefficient (Wildman–Crippen LogP) is 2.72. The lowest BCUT2D eigenvalue weighted by molar-refractivity contribution is -0.387. The molecular formula is C15H12N4O6. The molecule has 0 atom stereocenters. The highest BCUT2D eigenvalue weighted by atomic mass is 16.6. The number of rotatable bonds is 3. The van der Waals surface area contributed by atoms with Crippen LogP contribution in [0.25, 0.3) is 16.8 Å². The molecule has 0 aliphatic heterocycles. The summed E-state index contributed by atoms with van der Waals surface area (Å²) in [6.07, 6.45) is 0. The number of nitrogens with zero attached hydrogens (tertiary/aromatic N) is 4. The Morgan fingerprint density at radius 3 is 2.36 bits per heavy atom. The van der Waals surface area contributed by atoms with Crippen LogP contribution in [0.3, 0.4) is 0 Å². The van der Waals surface area contributed by atoms with Crippen LogP contribution in [0.15, 0.2) is 27.4 Å². The van der Waals surface area contributed by atoms with Crippen LogP contribution < -0.4 is 5.63 Å². The average Bonchev–Trinajstić information content (AvgIpc) is 2.83. The van der Waals surface area contributed by atoms with Crippen LogP contribution in [-0.2, 0) is 0 Å². The molecule has 3 aromatic rings. The number of non-ortho nitro benzene ring substituents is 1. The number of hydrogen-bond donors (Lipinski definition) is 0. The van der Waals surface area contributed by atoms with E-state index in [9.17, 15) is 25.0 Å². The van der Waals surface area contributed by atoms with Crippen molar-refractivity contribution in [1.82, 2.24) is 9.78 Å². The van der Waals surface area contributed by atoms with Crippen molar-refractivity contribution in [3.8, 4) is 5.69 Å². The van der Waals surface area contributed by atoms with Gasteiger partial charge < -0.3 is 4.42 Å². The van der Waals surface area contributed by atoms with Gasteiger partial charge in [0, 0.05) is 17.7 Å². The third-order valence-electron chi connectivity index (χ3n) is 3.93. The average molecular weight is 344 g/mol. The molecule has 0 spiro atoms. The van der Waals surface area contributed by atoms with E-state index in [-0.39, 0.29) is 17.0 Å². The number of hydrogen-bond acceptors (Lipinski definition) is 7. The van der Waals surface area contributed by atoms with Gasteiger partial charge in [-0.1, -0.05) is 0 Å². The second-order valence-electron chi connectivity index (χ2n) is 5.53. The summed E-state index contributed by atoms with van der Waals surface area (Å²) in [5.74, 6) is 0. The molecular weight excluding hydrogens is 332 g/mol. The van der Waals surface area contributed by atoms with Crippen molar-refractivity contribution < 1.29 is 14.3 Å². The van der Waals surface area contributed by atoms with Gasteiger partial charge in [-0.25, -0.2) is 4.79 Å². The van der Waals surface area contributed by atoms with Gasteiger partial charge in [-0.2, -0.15) is 9.78 Å². The summed E-state index contributed by atoms with van der Waals surface area (Å²) in [6.45, 7) is 4.75. The van der Waals surface area contributed by atoms with E-state index in [2.05, 4.69) is 5.10 Å². The van der Waals surface area contributed by atoms with Gasteiger partial charge in [0.25, 0.3) is 5.69 Å². The zero-order valence-electron chi connectivity index (χ0n) is 13.5. The number of nitro groups is 2. The molecule has 128 valence electrons. The monoisotopic (exact) mass is 344 g/mol. The first-order valence-electron chi connectivity index (χ1n) is 7.15. The Morgan fingerprint density at radius 2 is 1.80 bits per heavy atom. The fourth-order valence-corrected chi connectivity index (χ4v) is 2.81. The number of benzene rings is 1. The maximum atomic E-state index is 12.0. The molecule has 3 rings (SSSR count). The summed E-state index contributed by atoms with van der Waals surface area (Å²) >= 11 is 0. The van der Waals surface area contributed by atoms with Crippen LogP contribution in [-0.4, -0.2) is 19.6 Å². The minimum absolute atomic E-state index is 0.0579. The highest BCUT2D eigenvalue weighted by molar-refractivity contribution is 5.84. The highest BCUT2D eigenvalue weighted by Gasteiger charge is 2.26. The van der Waals surface area contributed by atoms with E-state index in [1.807, 2.05) is 0 Å². The smallest absolute Gasteiger partial charge is 0.398 e. The predicted molar refractivity (Wildman–Crippen MR) is 87.1 cm³/mol. The molecule has 0 amide bonds. The van der Waals surface area contributed by atoms with E-state index in [0.29, 0.717) is 22.3 Å². The van der Waals surface area contributed by atoms with E-state index in [1.165, 1.54) is 29.8 Å². The number of aryl methyl sites for hydroxylation is 3. The van der Waals surface area contributed by atoms with Crippen molar-refractivity contribution in [2.45, 2.75) is 20.8 Å². The molecule has 10 nitrogen and oxygen atoms in total. The standard InChI is InChI=1S/C15H12N4O6/c1-7-6-10(18(21)22)4-5-11(7)17-14-12(9(3)16-17)8(2)13(19(23)24)15(20)25-14/h4-6H,1-3H3. The van der Waals surface area contributed by atoms with Crippen molar-refractivity contribution in [3.63, 3.8) is 0 Å². The zero-order valence-corrected chi connectivity index (χ0v) is 13.5. The van der Waals surface area contributed by atoms with Gasteiger partial charge in [-0.15, -0.1) is 0 Å². The summed E-state index contributed by atoms with van der Waals surface area (Å²) < 4.78 is 6.46. The van der Waals surface area contributed by atoms with E-state index in [1.54, 1.807) is 13.8 Å². The normalized spacial score (nSPS) is 11.0. The van der Waals surface area contributed by atoms with Crippen LogP contribution >= 0.6 is 0 Å². The van der Waals surface area contributed by atoms with Crippen LogP contribution in [0.2, 0.25) is 0 Å². The number of nitro benzene ring substituents is 1. The number of fused-ring (bicyclic) bond motifs is 1. The van der Waals surface area contributed by atoms with Gasteiger partial charge in [0.1, 0.15) is 0 Å². The lowest BCUT2D eigenvalue weighted by Gasteiger charge is -2.06. The minimum Gasteiger partial charge on any atom is -0.398 e. The first kappa shape index (κ1) is 16.3. The second-order valence-corrected chi connectivity index (χ2v) is 5.53. The third-order valence-corrected chi connectivity index (χ3v) is 3.93. The summed E-state index contributed by atoms with van der Waals surface area (Å²) in [6, 6.07) is 4.16. The Bertz CT molecular complexity index is 1110. The zero-order chi connectivity index (χ0) is 18.5. The number of aromatic nitrogens is 2. The second kappa shape index (κ2) is 5.51. The summed E-state index contributed by atoms with van der Waals surface area (Å²) in [5.41, 5.74) is -0.106. The maximum absolute atomic E-state index is 12.0. The van der Waals surface area contributed by atoms with Crippen LogP contribution in [0.4, 0.5) is 11.4 Å². The summed E-state index contributed by atoms with van der Waals surface area (Å²) in [7, 11) is 0. The first-order chi connectivity index (χ1) is 11.7. The molecule has 2 heterocycles. The Morgan fingerprint density at radius 1 is 1.12 bits per heavy atom. The molecule has 25 heavy (non-hydrogen) atoms. The summed E-state index contributed by atoms with van der Waals surface area (Å²) in [4.78, 5) is 32.6. The Hall–Kier alpha value is -3.56. The lowest BCUT2D eigenvalue weighted by Crippen LogP contribution is -2.10. The van der Waals surface area contributed by atoms with Crippen LogP contribution in [0, 0.1) is 41.0 Å². The quantitative estimate of drug-likeness (QED) is 0.526. The fraction of sp³-hybridized carbons (Fsp3) is 0.200. The first-order valence-corrected chi connectivity index (χ1v) is 7.15. The van der Waals surface area contributed by atoms with Crippen molar-refractivity contribution in [3.05, 3.63) is 65.7 Å². The molecule has 0 N–H and O–H groups in total. The Kier molecular flexibility index (Phi) is 3.59. The molecule has 1 aromatic carbocycles. The summed E-state index contributed by atoms with van der Waals surface area (Å²) in [5, 5.41) is 26.6. The largest absolute Gasteiger partial charge is 0.416 e. The lowest BCUT2D eigenvalue weighted by atomic mass is 10.1. The van der Waals surface area contributed by atoms with Crippen LogP contribution in [0.1, 0.15) is 16.8 Å². The molecule has 0 radical (unpaired) electrons. The molecule has 10 heteroatoms. The van der Waals surface area contributed by atoms with E-state index >= 15 is 0 Å². The van der Waals surface area contributed by atoms with Crippen LogP contribution in [0.5, 0.6) is 0 Å². The van der Waals surface area contributed by atoms with Crippen molar-refractivity contribution in [1.29, 1.82) is 0 Å². The highest BCUT2D eigenvalue weighted by Crippen LogP contribution is 2.30. The van der Waals surface area contributed by atoms with Gasteiger partial charge in [0.05, 0.1) is 26.6 Å². The minimum atomic E-state index is -1.07. The van der Waals surface area contributed by atoms with Gasteiger partial charge >= 0.3 is 11.3 Å². The Labute approximate surface area is 139 Å². The SMILES string of the molecule is Cc1cc([N+](=O)[O-])ccc1-n1nc(C)c2c(C)c([N+](=O)[O-])c(=O)oc21. The van der Waals surface area contributed by atoms with Gasteiger partial charge in [-0.05, 0) is 32.4 Å². The molecule has 0 aliphatic rings. The molecule has 0 saturated heterocycles. The molecule has 2 aromatic heterocycles.